The summed E-state index contributed by atoms with van der Waals surface area (Å²) in [6, 6.07) is 17.3. The number of benzene rings is 2. The van der Waals surface area contributed by atoms with Crippen LogP contribution in [0.1, 0.15) is 25.3 Å². The average molecular weight is 505 g/mol. The molecule has 2 amide bonds. The molecule has 0 saturated carbocycles. The average Bonchev–Trinajstić information content (AvgIpc) is 3.19. The van der Waals surface area contributed by atoms with Crippen molar-refractivity contribution in [2.24, 2.45) is 0 Å². The molecular weight excluding hydrogens is 484 g/mol. The highest BCUT2D eigenvalue weighted by Gasteiger charge is 2.21. The Bertz CT molecular complexity index is 980. The molecule has 0 radical (unpaired) electrons. The van der Waals surface area contributed by atoms with Gasteiger partial charge in [0.15, 0.2) is 4.34 Å². The van der Waals surface area contributed by atoms with Crippen molar-refractivity contribution in [3.8, 4) is 0 Å². The van der Waals surface area contributed by atoms with Crippen LogP contribution in [0.4, 0.5) is 10.8 Å². The van der Waals surface area contributed by atoms with Gasteiger partial charge in [-0.2, -0.15) is 0 Å². The maximum atomic E-state index is 12.6. The molecule has 9 heteroatoms. The number of nitrogens with zero attached hydrogens (tertiary/aromatic N) is 2. The summed E-state index contributed by atoms with van der Waals surface area (Å²) in [5.74, 6) is -0.194. The molecule has 0 saturated heterocycles. The molecule has 6 nitrogen and oxygen atoms in total. The number of nitrogens with one attached hydrogen (secondary N) is 2. The minimum Gasteiger partial charge on any atom is -0.325 e. The number of thioether (sulfide) groups is 1. The summed E-state index contributed by atoms with van der Waals surface area (Å²) in [5, 5.41) is 14.0. The molecule has 0 spiro atoms. The van der Waals surface area contributed by atoms with E-state index in [4.69, 9.17) is 0 Å². The quantitative estimate of drug-likeness (QED) is 0.301. The van der Waals surface area contributed by atoms with Gasteiger partial charge in [-0.3, -0.25) is 9.59 Å². The smallest absolute Gasteiger partial charge is 0.237 e. The van der Waals surface area contributed by atoms with Gasteiger partial charge >= 0.3 is 0 Å². The summed E-state index contributed by atoms with van der Waals surface area (Å²) in [5.41, 5.74) is 1.86. The van der Waals surface area contributed by atoms with E-state index in [-0.39, 0.29) is 17.1 Å². The van der Waals surface area contributed by atoms with E-state index in [9.17, 15) is 9.59 Å². The second-order valence-corrected chi connectivity index (χ2v) is 9.76. The normalized spacial score (nSPS) is 11.7. The van der Waals surface area contributed by atoms with E-state index in [1.54, 1.807) is 0 Å². The fourth-order valence-electron chi connectivity index (χ4n) is 2.59. The molecule has 3 rings (SSSR count). The molecular formula is C21H21BrN4O2S2. The zero-order chi connectivity index (χ0) is 21.3. The zero-order valence-corrected chi connectivity index (χ0v) is 19.5. The summed E-state index contributed by atoms with van der Waals surface area (Å²) in [7, 11) is 0. The Morgan fingerprint density at radius 3 is 2.50 bits per heavy atom. The Morgan fingerprint density at radius 1 is 1.07 bits per heavy atom. The predicted octanol–water partition coefficient (Wildman–Crippen LogP) is 5.38. The van der Waals surface area contributed by atoms with Crippen LogP contribution in [-0.2, 0) is 16.0 Å². The van der Waals surface area contributed by atoms with Crippen LogP contribution >= 0.6 is 39.0 Å². The molecule has 2 N–H and O–H groups in total. The summed E-state index contributed by atoms with van der Waals surface area (Å²) in [6.45, 7) is 1.95. The lowest BCUT2D eigenvalue weighted by atomic mass is 10.1. The third kappa shape index (κ3) is 6.93. The molecule has 1 atom stereocenters. The van der Waals surface area contributed by atoms with Crippen LogP contribution in [0.3, 0.4) is 0 Å². The molecule has 0 unspecified atom stereocenters. The molecule has 0 aliphatic rings. The standard InChI is InChI=1S/C21H21BrN4O2S2/c1-2-17(19(28)23-16-11-9-15(22)10-12-16)29-21-26-25-20(30-21)24-18(27)13-8-14-6-4-3-5-7-14/h3-7,9-12,17H,2,8,13H2,1H3,(H,23,28)(H,24,25,27)/t17-/m1/s1. The zero-order valence-electron chi connectivity index (χ0n) is 16.3. The maximum Gasteiger partial charge on any atom is 0.237 e. The molecule has 3 aromatic rings. The summed E-state index contributed by atoms with van der Waals surface area (Å²) in [4.78, 5) is 24.7. The number of carbonyl (C=O) groups excluding carboxylic acids is 2. The minimum atomic E-state index is -0.303. The number of hydrogen-bond donors (Lipinski definition) is 2. The number of carbonyl (C=O) groups is 2. The number of aryl methyl sites for hydroxylation is 1. The van der Waals surface area contributed by atoms with Crippen LogP contribution in [0.2, 0.25) is 0 Å². The van der Waals surface area contributed by atoms with E-state index in [2.05, 4.69) is 36.8 Å². The molecule has 0 bridgehead atoms. The Balaban J connectivity index is 1.50. The van der Waals surface area contributed by atoms with E-state index >= 15 is 0 Å². The topological polar surface area (TPSA) is 84.0 Å². The van der Waals surface area contributed by atoms with E-state index in [0.717, 1.165) is 15.7 Å². The molecule has 1 heterocycles. The van der Waals surface area contributed by atoms with Gasteiger partial charge < -0.3 is 10.6 Å². The molecule has 0 aliphatic carbocycles. The van der Waals surface area contributed by atoms with Crippen LogP contribution in [0.5, 0.6) is 0 Å². The van der Waals surface area contributed by atoms with E-state index in [1.807, 2.05) is 61.5 Å². The number of anilines is 2. The van der Waals surface area contributed by atoms with Gasteiger partial charge in [-0.25, -0.2) is 0 Å². The van der Waals surface area contributed by atoms with Crippen molar-refractivity contribution >= 4 is 61.7 Å². The Labute approximate surface area is 192 Å². The van der Waals surface area contributed by atoms with E-state index in [1.165, 1.54) is 23.1 Å². The molecule has 1 aromatic heterocycles. The minimum absolute atomic E-state index is 0.0894. The Morgan fingerprint density at radius 2 is 1.80 bits per heavy atom. The van der Waals surface area contributed by atoms with Crippen LogP contribution in [0.15, 0.2) is 63.4 Å². The number of aromatic nitrogens is 2. The van der Waals surface area contributed by atoms with Crippen molar-refractivity contribution in [1.82, 2.24) is 10.2 Å². The van der Waals surface area contributed by atoms with Crippen LogP contribution < -0.4 is 10.6 Å². The first-order chi connectivity index (χ1) is 14.5. The van der Waals surface area contributed by atoms with Gasteiger partial charge in [0.05, 0.1) is 5.25 Å². The molecule has 2 aromatic carbocycles. The van der Waals surface area contributed by atoms with Crippen LogP contribution in [0, 0.1) is 0 Å². The number of rotatable bonds is 9. The Kier molecular flexibility index (Phi) is 8.41. The van der Waals surface area contributed by atoms with Crippen molar-refractivity contribution < 1.29 is 9.59 Å². The fourth-order valence-corrected chi connectivity index (χ4v) is 4.79. The van der Waals surface area contributed by atoms with Gasteiger partial charge in [0.1, 0.15) is 0 Å². The van der Waals surface area contributed by atoms with E-state index < -0.39 is 0 Å². The lowest BCUT2D eigenvalue weighted by Crippen LogP contribution is -2.24. The molecule has 0 fully saturated rings. The predicted molar refractivity (Wildman–Crippen MR) is 126 cm³/mol. The van der Waals surface area contributed by atoms with Gasteiger partial charge in [-0.15, -0.1) is 10.2 Å². The number of hydrogen-bond acceptors (Lipinski definition) is 6. The lowest BCUT2D eigenvalue weighted by Gasteiger charge is -2.13. The molecule has 0 aliphatic heterocycles. The van der Waals surface area contributed by atoms with Crippen LogP contribution in [-0.4, -0.2) is 27.3 Å². The first kappa shape index (κ1) is 22.5. The number of halogens is 1. The largest absolute Gasteiger partial charge is 0.325 e. The molecule has 30 heavy (non-hydrogen) atoms. The highest BCUT2D eigenvalue weighted by molar-refractivity contribution is 9.10. The van der Waals surface area contributed by atoms with E-state index in [0.29, 0.717) is 28.7 Å². The Hall–Kier alpha value is -2.23. The third-order valence-electron chi connectivity index (χ3n) is 4.15. The molecule has 156 valence electrons. The summed E-state index contributed by atoms with van der Waals surface area (Å²) in [6.07, 6.45) is 1.69. The van der Waals surface area contributed by atoms with Crippen molar-refractivity contribution in [2.45, 2.75) is 35.8 Å². The fraction of sp³-hybridized carbons (Fsp3) is 0.238. The SMILES string of the molecule is CC[C@@H](Sc1nnc(NC(=O)CCc2ccccc2)s1)C(=O)Nc1ccc(Br)cc1. The highest BCUT2D eigenvalue weighted by Crippen LogP contribution is 2.31. The van der Waals surface area contributed by atoms with Gasteiger partial charge in [-0.05, 0) is 42.7 Å². The van der Waals surface area contributed by atoms with Gasteiger partial charge in [0.25, 0.3) is 0 Å². The van der Waals surface area contributed by atoms with Crippen molar-refractivity contribution in [1.29, 1.82) is 0 Å². The van der Waals surface area contributed by atoms with Gasteiger partial charge in [-0.1, -0.05) is 76.3 Å². The second kappa shape index (κ2) is 11.2. The maximum absolute atomic E-state index is 12.6. The van der Waals surface area contributed by atoms with Gasteiger partial charge in [0, 0.05) is 16.6 Å². The summed E-state index contributed by atoms with van der Waals surface area (Å²) >= 11 is 6.00. The lowest BCUT2D eigenvalue weighted by molar-refractivity contribution is -0.116. The van der Waals surface area contributed by atoms with Crippen molar-refractivity contribution in [3.05, 3.63) is 64.6 Å². The van der Waals surface area contributed by atoms with Gasteiger partial charge in [0.2, 0.25) is 16.9 Å². The first-order valence-corrected chi connectivity index (χ1v) is 11.9. The highest BCUT2D eigenvalue weighted by atomic mass is 79.9. The van der Waals surface area contributed by atoms with Crippen molar-refractivity contribution in [3.63, 3.8) is 0 Å². The number of amides is 2. The van der Waals surface area contributed by atoms with Crippen LogP contribution in [0.25, 0.3) is 0 Å². The van der Waals surface area contributed by atoms with Crippen molar-refractivity contribution in [2.75, 3.05) is 10.6 Å². The monoisotopic (exact) mass is 504 g/mol. The second-order valence-electron chi connectivity index (χ2n) is 6.42. The third-order valence-corrected chi connectivity index (χ3v) is 6.97. The summed E-state index contributed by atoms with van der Waals surface area (Å²) < 4.78 is 1.60. The first-order valence-electron chi connectivity index (χ1n) is 9.44.